The van der Waals surface area contributed by atoms with Crippen molar-refractivity contribution in [3.63, 3.8) is 0 Å². The van der Waals surface area contributed by atoms with Gasteiger partial charge in [-0.05, 0) is 36.1 Å². The van der Waals surface area contributed by atoms with Crippen LogP contribution in [0.25, 0.3) is 0 Å². The summed E-state index contributed by atoms with van der Waals surface area (Å²) in [4.78, 5) is 0.867. The van der Waals surface area contributed by atoms with E-state index in [-0.39, 0.29) is 21.5 Å². The van der Waals surface area contributed by atoms with Crippen LogP contribution in [0.1, 0.15) is 29.8 Å². The Morgan fingerprint density at radius 3 is 2.76 bits per heavy atom. The van der Waals surface area contributed by atoms with Crippen LogP contribution in [0.2, 0.25) is 5.02 Å². The molecule has 0 saturated heterocycles. The van der Waals surface area contributed by atoms with E-state index in [1.54, 1.807) is 0 Å². The maximum absolute atomic E-state index is 12.5. The molecule has 2 rings (SSSR count). The summed E-state index contributed by atoms with van der Waals surface area (Å²) in [6, 6.07) is 9.55. The zero-order valence-electron chi connectivity index (χ0n) is 11.2. The van der Waals surface area contributed by atoms with Crippen LogP contribution in [0.5, 0.6) is 0 Å². The van der Waals surface area contributed by atoms with Gasteiger partial charge in [0.05, 0.1) is 22.7 Å². The lowest BCUT2D eigenvalue weighted by Crippen LogP contribution is -2.28. The molecule has 21 heavy (non-hydrogen) atoms. The average molecular weight is 341 g/mol. The zero-order chi connectivity index (χ0) is 15.5. The molecule has 1 aromatic carbocycles. The van der Waals surface area contributed by atoms with Crippen molar-refractivity contribution >= 4 is 33.0 Å². The van der Waals surface area contributed by atoms with Gasteiger partial charge < -0.3 is 0 Å². The van der Waals surface area contributed by atoms with Crippen LogP contribution in [-0.4, -0.2) is 8.42 Å². The molecule has 4 nitrogen and oxygen atoms in total. The summed E-state index contributed by atoms with van der Waals surface area (Å²) in [7, 11) is -3.79. The quantitative estimate of drug-likeness (QED) is 0.902. The van der Waals surface area contributed by atoms with Crippen LogP contribution >= 0.6 is 22.9 Å². The van der Waals surface area contributed by atoms with Gasteiger partial charge in [0.15, 0.2) is 0 Å². The van der Waals surface area contributed by atoms with Crippen molar-refractivity contribution in [1.82, 2.24) is 4.72 Å². The van der Waals surface area contributed by atoms with E-state index in [1.807, 2.05) is 30.5 Å². The summed E-state index contributed by atoms with van der Waals surface area (Å²) >= 11 is 7.45. The number of hydrogen-bond donors (Lipinski definition) is 1. The monoisotopic (exact) mass is 340 g/mol. The normalized spacial score (nSPS) is 12.8. The Morgan fingerprint density at radius 2 is 2.19 bits per heavy atom. The molecular weight excluding hydrogens is 328 g/mol. The minimum atomic E-state index is -3.79. The molecule has 0 fully saturated rings. The van der Waals surface area contributed by atoms with Gasteiger partial charge in [-0.2, -0.15) is 5.26 Å². The van der Waals surface area contributed by atoms with Gasteiger partial charge in [0.2, 0.25) is 10.0 Å². The van der Waals surface area contributed by atoms with Crippen molar-refractivity contribution in [2.24, 2.45) is 0 Å². The molecule has 110 valence electrons. The number of hydrogen-bond acceptors (Lipinski definition) is 4. The van der Waals surface area contributed by atoms with Crippen LogP contribution in [0, 0.1) is 11.3 Å². The molecule has 0 radical (unpaired) electrons. The minimum Gasteiger partial charge on any atom is -0.207 e. The second-order valence-electron chi connectivity index (χ2n) is 4.35. The molecule has 0 spiro atoms. The number of nitriles is 1. The van der Waals surface area contributed by atoms with Crippen molar-refractivity contribution in [3.8, 4) is 6.07 Å². The number of rotatable bonds is 5. The Bertz CT molecular complexity index is 765. The van der Waals surface area contributed by atoms with E-state index in [9.17, 15) is 8.42 Å². The van der Waals surface area contributed by atoms with Crippen molar-refractivity contribution in [3.05, 3.63) is 51.2 Å². The van der Waals surface area contributed by atoms with Gasteiger partial charge >= 0.3 is 0 Å². The summed E-state index contributed by atoms with van der Waals surface area (Å²) in [6.07, 6.45) is 0.620. The molecule has 1 unspecified atom stereocenters. The molecule has 0 amide bonds. The number of thiophene rings is 1. The first kappa shape index (κ1) is 16.0. The van der Waals surface area contributed by atoms with Crippen LogP contribution < -0.4 is 4.72 Å². The van der Waals surface area contributed by atoms with E-state index in [0.717, 1.165) is 4.88 Å². The average Bonchev–Trinajstić information content (AvgIpc) is 2.99. The first-order valence-electron chi connectivity index (χ1n) is 6.23. The molecule has 0 aliphatic heterocycles. The highest BCUT2D eigenvalue weighted by atomic mass is 35.5. The lowest BCUT2D eigenvalue weighted by molar-refractivity contribution is 0.553. The smallest absolute Gasteiger partial charge is 0.207 e. The fraction of sp³-hybridized carbons (Fsp3) is 0.214. The molecule has 0 bridgehead atoms. The van der Waals surface area contributed by atoms with Gasteiger partial charge in [-0.1, -0.05) is 24.6 Å². The maximum Gasteiger partial charge on any atom is 0.242 e. The van der Waals surface area contributed by atoms with Crippen LogP contribution in [-0.2, 0) is 10.0 Å². The Balaban J connectivity index is 2.36. The highest BCUT2D eigenvalue weighted by Gasteiger charge is 2.23. The predicted molar refractivity (Wildman–Crippen MR) is 83.8 cm³/mol. The second-order valence-corrected chi connectivity index (χ2v) is 7.42. The Kier molecular flexibility index (Phi) is 5.01. The third-order valence-electron chi connectivity index (χ3n) is 2.94. The Morgan fingerprint density at radius 1 is 1.43 bits per heavy atom. The standard InChI is InChI=1S/C14H13ClN2O2S2/c1-2-12(13-4-3-7-20-13)17-21(18,19)14-8-10(9-16)5-6-11(14)15/h3-8,12,17H,2H2,1H3. The van der Waals surface area contributed by atoms with Gasteiger partial charge in [0.25, 0.3) is 0 Å². The van der Waals surface area contributed by atoms with E-state index in [2.05, 4.69) is 4.72 Å². The van der Waals surface area contributed by atoms with Crippen molar-refractivity contribution in [2.45, 2.75) is 24.3 Å². The van der Waals surface area contributed by atoms with E-state index >= 15 is 0 Å². The molecule has 2 aromatic rings. The molecule has 0 saturated carbocycles. The Labute approximate surface area is 133 Å². The third-order valence-corrected chi connectivity index (χ3v) is 5.88. The SMILES string of the molecule is CCC(NS(=O)(=O)c1cc(C#N)ccc1Cl)c1cccs1. The number of halogens is 1. The summed E-state index contributed by atoms with van der Waals surface area (Å²) < 4.78 is 27.6. The predicted octanol–water partition coefficient (Wildman–Crippen LogP) is 3.70. The van der Waals surface area contributed by atoms with Crippen molar-refractivity contribution in [2.75, 3.05) is 0 Å². The fourth-order valence-electron chi connectivity index (χ4n) is 1.86. The van der Waals surface area contributed by atoms with Crippen LogP contribution in [0.15, 0.2) is 40.6 Å². The molecule has 1 aromatic heterocycles. The van der Waals surface area contributed by atoms with Crippen molar-refractivity contribution < 1.29 is 8.42 Å². The van der Waals surface area contributed by atoms with Gasteiger partial charge in [-0.15, -0.1) is 11.3 Å². The highest BCUT2D eigenvalue weighted by Crippen LogP contribution is 2.27. The number of sulfonamides is 1. The lowest BCUT2D eigenvalue weighted by atomic mass is 10.2. The van der Waals surface area contributed by atoms with Gasteiger partial charge in [-0.25, -0.2) is 13.1 Å². The molecular formula is C14H13ClN2O2S2. The largest absolute Gasteiger partial charge is 0.242 e. The molecule has 1 atom stereocenters. The molecule has 1 heterocycles. The molecule has 7 heteroatoms. The zero-order valence-corrected chi connectivity index (χ0v) is 13.6. The van der Waals surface area contributed by atoms with E-state index in [0.29, 0.717) is 6.42 Å². The maximum atomic E-state index is 12.5. The molecule has 0 aliphatic carbocycles. The lowest BCUT2D eigenvalue weighted by Gasteiger charge is -2.16. The van der Waals surface area contributed by atoms with Crippen LogP contribution in [0.4, 0.5) is 0 Å². The van der Waals surface area contributed by atoms with E-state index < -0.39 is 10.0 Å². The van der Waals surface area contributed by atoms with Gasteiger partial charge in [0, 0.05) is 4.88 Å². The summed E-state index contributed by atoms with van der Waals surface area (Å²) in [6.45, 7) is 1.90. The van der Waals surface area contributed by atoms with Gasteiger partial charge in [-0.3, -0.25) is 0 Å². The number of nitrogens with one attached hydrogen (secondary N) is 1. The number of benzene rings is 1. The third kappa shape index (κ3) is 3.63. The number of nitrogens with zero attached hydrogens (tertiary/aromatic N) is 1. The molecule has 0 aliphatic rings. The van der Waals surface area contributed by atoms with E-state index in [1.165, 1.54) is 29.5 Å². The van der Waals surface area contributed by atoms with Gasteiger partial charge in [0.1, 0.15) is 4.90 Å². The summed E-state index contributed by atoms with van der Waals surface area (Å²) in [5.41, 5.74) is 0.254. The second kappa shape index (κ2) is 6.58. The summed E-state index contributed by atoms with van der Waals surface area (Å²) in [5, 5.41) is 10.9. The minimum absolute atomic E-state index is 0.0711. The van der Waals surface area contributed by atoms with E-state index in [4.69, 9.17) is 16.9 Å². The van der Waals surface area contributed by atoms with Crippen molar-refractivity contribution in [1.29, 1.82) is 5.26 Å². The summed E-state index contributed by atoms with van der Waals surface area (Å²) in [5.74, 6) is 0. The highest BCUT2D eigenvalue weighted by molar-refractivity contribution is 7.89. The topological polar surface area (TPSA) is 70.0 Å². The molecule has 1 N–H and O–H groups in total. The Hall–Kier alpha value is -1.39. The van der Waals surface area contributed by atoms with Crippen LogP contribution in [0.3, 0.4) is 0 Å². The fourth-order valence-corrected chi connectivity index (χ4v) is 4.62. The first-order chi connectivity index (χ1) is 9.97. The first-order valence-corrected chi connectivity index (χ1v) is 8.97.